The molecule has 1 aromatic carbocycles. The maximum absolute atomic E-state index is 4.31. The van der Waals surface area contributed by atoms with E-state index in [0.717, 1.165) is 27.8 Å². The van der Waals surface area contributed by atoms with E-state index in [9.17, 15) is 0 Å². The third kappa shape index (κ3) is 3.60. The molecule has 0 saturated carbocycles. The summed E-state index contributed by atoms with van der Waals surface area (Å²) in [6, 6.07) is 8.38. The van der Waals surface area contributed by atoms with Gasteiger partial charge in [-0.2, -0.15) is 0 Å². The number of hydrogen-bond donors (Lipinski definition) is 0. The van der Waals surface area contributed by atoms with Gasteiger partial charge in [0.15, 0.2) is 5.16 Å². The number of aromatic nitrogens is 3. The highest BCUT2D eigenvalue weighted by Crippen LogP contribution is 2.25. The average molecular weight is 340 g/mol. The number of benzene rings is 1. The van der Waals surface area contributed by atoms with Crippen molar-refractivity contribution < 1.29 is 0 Å². The Morgan fingerprint density at radius 2 is 2.11 bits per heavy atom. The molecular weight excluding hydrogens is 322 g/mol. The Morgan fingerprint density at radius 1 is 1.32 bits per heavy atom. The van der Waals surface area contributed by atoms with Crippen molar-refractivity contribution in [1.29, 1.82) is 0 Å². The highest BCUT2D eigenvalue weighted by atomic mass is 79.9. The lowest BCUT2D eigenvalue weighted by molar-refractivity contribution is 0.613. The van der Waals surface area contributed by atoms with E-state index < -0.39 is 0 Å². The van der Waals surface area contributed by atoms with Crippen LogP contribution in [0.1, 0.15) is 38.1 Å². The number of nitrogens with zero attached hydrogens (tertiary/aromatic N) is 3. The van der Waals surface area contributed by atoms with Crippen molar-refractivity contribution in [2.75, 3.05) is 0 Å². The molecule has 3 nitrogen and oxygen atoms in total. The van der Waals surface area contributed by atoms with Crippen LogP contribution in [-0.2, 0) is 12.3 Å². The minimum absolute atomic E-state index is 0.410. The van der Waals surface area contributed by atoms with Gasteiger partial charge in [-0.3, -0.25) is 0 Å². The first-order valence-electron chi connectivity index (χ1n) is 6.42. The van der Waals surface area contributed by atoms with Gasteiger partial charge in [0.2, 0.25) is 0 Å². The van der Waals surface area contributed by atoms with Crippen molar-refractivity contribution in [2.45, 2.75) is 44.1 Å². The van der Waals surface area contributed by atoms with Crippen LogP contribution in [0.4, 0.5) is 0 Å². The molecule has 1 heterocycles. The Hall–Kier alpha value is -0.810. The van der Waals surface area contributed by atoms with Gasteiger partial charge in [0, 0.05) is 22.7 Å². The van der Waals surface area contributed by atoms with Crippen LogP contribution in [0.5, 0.6) is 0 Å². The monoisotopic (exact) mass is 339 g/mol. The summed E-state index contributed by atoms with van der Waals surface area (Å²) in [5.74, 6) is 2.39. The van der Waals surface area contributed by atoms with E-state index >= 15 is 0 Å². The van der Waals surface area contributed by atoms with Gasteiger partial charge in [-0.25, -0.2) is 0 Å². The van der Waals surface area contributed by atoms with Crippen LogP contribution >= 0.6 is 27.7 Å². The number of hydrogen-bond acceptors (Lipinski definition) is 3. The van der Waals surface area contributed by atoms with Gasteiger partial charge in [0.05, 0.1) is 0 Å². The van der Waals surface area contributed by atoms with Crippen LogP contribution in [0, 0.1) is 0 Å². The summed E-state index contributed by atoms with van der Waals surface area (Å²) < 4.78 is 3.32. The van der Waals surface area contributed by atoms with Gasteiger partial charge >= 0.3 is 0 Å². The van der Waals surface area contributed by atoms with E-state index in [4.69, 9.17) is 0 Å². The maximum Gasteiger partial charge on any atom is 0.191 e. The van der Waals surface area contributed by atoms with Crippen LogP contribution < -0.4 is 0 Å². The molecule has 0 amide bonds. The SMILES string of the molecule is CCn1c(SCc2cccc(Br)c2)nnc1C(C)C. The summed E-state index contributed by atoms with van der Waals surface area (Å²) in [7, 11) is 0. The van der Waals surface area contributed by atoms with E-state index in [2.05, 4.69) is 69.7 Å². The minimum Gasteiger partial charge on any atom is -0.306 e. The Bertz CT molecular complexity index is 551. The van der Waals surface area contributed by atoms with Crippen LogP contribution in [-0.4, -0.2) is 14.8 Å². The molecule has 0 fully saturated rings. The quantitative estimate of drug-likeness (QED) is 0.752. The molecule has 19 heavy (non-hydrogen) atoms. The average Bonchev–Trinajstić information content (AvgIpc) is 2.79. The first-order valence-corrected chi connectivity index (χ1v) is 8.20. The molecule has 2 aromatic rings. The predicted molar refractivity (Wildman–Crippen MR) is 83.5 cm³/mol. The van der Waals surface area contributed by atoms with Crippen LogP contribution in [0.15, 0.2) is 33.9 Å². The number of rotatable bonds is 5. The van der Waals surface area contributed by atoms with Crippen LogP contribution in [0.3, 0.4) is 0 Å². The lowest BCUT2D eigenvalue weighted by atomic mass is 10.2. The van der Waals surface area contributed by atoms with E-state index in [1.165, 1.54) is 5.56 Å². The van der Waals surface area contributed by atoms with E-state index in [-0.39, 0.29) is 0 Å². The molecule has 0 unspecified atom stereocenters. The smallest absolute Gasteiger partial charge is 0.191 e. The molecule has 0 aliphatic carbocycles. The lowest BCUT2D eigenvalue weighted by Gasteiger charge is -2.09. The van der Waals surface area contributed by atoms with Gasteiger partial charge < -0.3 is 4.57 Å². The van der Waals surface area contributed by atoms with Crippen LogP contribution in [0.2, 0.25) is 0 Å². The molecule has 2 rings (SSSR count). The van der Waals surface area contributed by atoms with Gasteiger partial charge in [0.25, 0.3) is 0 Å². The van der Waals surface area contributed by atoms with Crippen molar-refractivity contribution in [3.63, 3.8) is 0 Å². The van der Waals surface area contributed by atoms with E-state index in [1.807, 2.05) is 6.07 Å². The van der Waals surface area contributed by atoms with Crippen molar-refractivity contribution in [2.24, 2.45) is 0 Å². The zero-order chi connectivity index (χ0) is 13.8. The molecule has 0 bridgehead atoms. The van der Waals surface area contributed by atoms with Gasteiger partial charge in [0.1, 0.15) is 5.82 Å². The number of thioether (sulfide) groups is 1. The topological polar surface area (TPSA) is 30.7 Å². The maximum atomic E-state index is 4.31. The highest BCUT2D eigenvalue weighted by molar-refractivity contribution is 9.10. The lowest BCUT2D eigenvalue weighted by Crippen LogP contribution is -2.04. The number of halogens is 1. The minimum atomic E-state index is 0.410. The van der Waals surface area contributed by atoms with Crippen molar-refractivity contribution in [3.8, 4) is 0 Å². The van der Waals surface area contributed by atoms with Crippen LogP contribution in [0.25, 0.3) is 0 Å². The molecule has 0 saturated heterocycles. The largest absolute Gasteiger partial charge is 0.306 e. The van der Waals surface area contributed by atoms with Gasteiger partial charge in [-0.05, 0) is 24.6 Å². The molecule has 0 aliphatic heterocycles. The molecule has 0 atom stereocenters. The Kier molecular flexibility index (Phi) is 5.05. The molecule has 0 radical (unpaired) electrons. The zero-order valence-electron chi connectivity index (χ0n) is 11.4. The highest BCUT2D eigenvalue weighted by Gasteiger charge is 2.13. The summed E-state index contributed by atoms with van der Waals surface area (Å²) in [6.45, 7) is 7.36. The fourth-order valence-corrected chi connectivity index (χ4v) is 3.30. The van der Waals surface area contributed by atoms with E-state index in [1.54, 1.807) is 11.8 Å². The summed E-state index contributed by atoms with van der Waals surface area (Å²) in [5, 5.41) is 9.61. The van der Waals surface area contributed by atoms with Gasteiger partial charge in [-0.15, -0.1) is 10.2 Å². The molecule has 5 heteroatoms. The normalized spacial score (nSPS) is 11.2. The van der Waals surface area contributed by atoms with Crippen molar-refractivity contribution in [3.05, 3.63) is 40.1 Å². The molecule has 1 aromatic heterocycles. The standard InChI is InChI=1S/C14H18BrN3S/c1-4-18-13(10(2)3)16-17-14(18)19-9-11-6-5-7-12(15)8-11/h5-8,10H,4,9H2,1-3H3. The second-order valence-corrected chi connectivity index (χ2v) is 6.52. The second kappa shape index (κ2) is 6.57. The molecule has 0 aliphatic rings. The summed E-state index contributed by atoms with van der Waals surface area (Å²) in [5.41, 5.74) is 1.29. The van der Waals surface area contributed by atoms with E-state index in [0.29, 0.717) is 5.92 Å². The van der Waals surface area contributed by atoms with Crippen molar-refractivity contribution in [1.82, 2.24) is 14.8 Å². The third-order valence-corrected chi connectivity index (χ3v) is 4.37. The van der Waals surface area contributed by atoms with Crippen molar-refractivity contribution >= 4 is 27.7 Å². The third-order valence-electron chi connectivity index (χ3n) is 2.84. The summed E-state index contributed by atoms with van der Waals surface area (Å²) in [4.78, 5) is 0. The zero-order valence-corrected chi connectivity index (χ0v) is 13.8. The summed E-state index contributed by atoms with van der Waals surface area (Å²) in [6.07, 6.45) is 0. The Balaban J connectivity index is 2.11. The molecule has 102 valence electrons. The Labute approximate surface area is 126 Å². The van der Waals surface area contributed by atoms with Gasteiger partial charge in [-0.1, -0.05) is 53.7 Å². The summed E-state index contributed by atoms with van der Waals surface area (Å²) >= 11 is 5.24. The predicted octanol–water partition coefficient (Wildman–Crippen LogP) is 4.48. The molecular formula is C14H18BrN3S. The molecule has 0 N–H and O–H groups in total. The second-order valence-electron chi connectivity index (χ2n) is 4.66. The first kappa shape index (κ1) is 14.6. The molecule has 0 spiro atoms. The fraction of sp³-hybridized carbons (Fsp3) is 0.429. The Morgan fingerprint density at radius 3 is 2.74 bits per heavy atom. The fourth-order valence-electron chi connectivity index (χ4n) is 1.91. The first-order chi connectivity index (χ1) is 9.11.